The first kappa shape index (κ1) is 26.1. The van der Waals surface area contributed by atoms with Gasteiger partial charge in [-0.25, -0.2) is 0 Å². The Morgan fingerprint density at radius 1 is 0.720 bits per heavy atom. The maximum atomic E-state index is 6.63. The number of hydrogen-bond acceptors (Lipinski definition) is 5. The Labute approximate surface area is 167 Å². The minimum absolute atomic E-state index is 0.0264. The summed E-state index contributed by atoms with van der Waals surface area (Å²) in [4.78, 5) is 0. The van der Waals surface area contributed by atoms with Gasteiger partial charge in [-0.15, -0.1) is 0 Å². The van der Waals surface area contributed by atoms with Crippen LogP contribution in [0.1, 0.15) is 55.4 Å². The van der Waals surface area contributed by atoms with E-state index in [1.54, 1.807) is 14.2 Å². The standard InChI is InChI=1S/C14H34O5Si6/c1-11-24(15-9,13(3,4)5)22(17-20)19-23(18-21)25(12-2,16-10)14(6,7)8/h11-12H2,1-10H3. The first-order chi connectivity index (χ1) is 11.4. The second-order valence-electron chi connectivity index (χ2n) is 8.15. The molecule has 5 nitrogen and oxygen atoms in total. The van der Waals surface area contributed by atoms with Crippen molar-refractivity contribution in [1.82, 2.24) is 0 Å². The van der Waals surface area contributed by atoms with E-state index >= 15 is 0 Å². The second-order valence-corrected chi connectivity index (χ2v) is 27.6. The van der Waals surface area contributed by atoms with Gasteiger partial charge in [0.25, 0.3) is 0 Å². The van der Waals surface area contributed by atoms with Crippen LogP contribution in [0.3, 0.4) is 0 Å². The summed E-state index contributed by atoms with van der Waals surface area (Å²) in [5.74, 6) is 0. The van der Waals surface area contributed by atoms with E-state index in [0.29, 0.717) is 0 Å². The average Bonchev–Trinajstić information content (AvgIpc) is 2.52. The van der Waals surface area contributed by atoms with Crippen molar-refractivity contribution >= 4 is 54.2 Å². The quantitative estimate of drug-likeness (QED) is 0.478. The Bertz CT molecular complexity index is 354. The molecule has 0 aliphatic heterocycles. The SMILES string of the molecule is CC[Si](OC)([Si](O[Si])O[Si](O[Si])[Si](CC)(OC)C(C)(C)C)C(C)(C)C. The molecule has 0 saturated heterocycles. The minimum Gasteiger partial charge on any atom is -0.437 e. The van der Waals surface area contributed by atoms with Crippen LogP contribution in [0.15, 0.2) is 0 Å². The van der Waals surface area contributed by atoms with Gasteiger partial charge < -0.3 is 21.2 Å². The molecule has 8 radical (unpaired) electrons. The molecule has 0 rings (SSSR count). The molecule has 25 heavy (non-hydrogen) atoms. The van der Waals surface area contributed by atoms with E-state index in [1.807, 2.05) is 0 Å². The van der Waals surface area contributed by atoms with Crippen molar-refractivity contribution in [2.45, 2.75) is 77.6 Å². The largest absolute Gasteiger partial charge is 0.437 e. The highest BCUT2D eigenvalue weighted by Crippen LogP contribution is 2.44. The highest BCUT2D eigenvalue weighted by Gasteiger charge is 2.61. The zero-order valence-electron chi connectivity index (χ0n) is 17.5. The van der Waals surface area contributed by atoms with E-state index in [2.05, 4.69) is 76.4 Å². The van der Waals surface area contributed by atoms with Crippen LogP contribution in [0.25, 0.3) is 0 Å². The van der Waals surface area contributed by atoms with Gasteiger partial charge in [0.1, 0.15) is 0 Å². The molecule has 0 aliphatic rings. The van der Waals surface area contributed by atoms with Gasteiger partial charge in [-0.3, -0.25) is 0 Å². The summed E-state index contributed by atoms with van der Waals surface area (Å²) in [5.41, 5.74) is 0. The van der Waals surface area contributed by atoms with Crippen molar-refractivity contribution in [3.05, 3.63) is 0 Å². The van der Waals surface area contributed by atoms with Crippen molar-refractivity contribution in [3.8, 4) is 0 Å². The normalized spacial score (nSPS) is 18.5. The van der Waals surface area contributed by atoms with Gasteiger partial charge in [0.05, 0.1) is 0 Å². The van der Waals surface area contributed by atoms with E-state index in [9.17, 15) is 0 Å². The van der Waals surface area contributed by atoms with Gasteiger partial charge in [-0.1, -0.05) is 55.4 Å². The van der Waals surface area contributed by atoms with Crippen molar-refractivity contribution in [2.75, 3.05) is 14.2 Å². The maximum Gasteiger partial charge on any atom is 0.374 e. The van der Waals surface area contributed by atoms with Crippen LogP contribution in [-0.2, 0) is 21.2 Å². The molecule has 0 aromatic carbocycles. The summed E-state index contributed by atoms with van der Waals surface area (Å²) in [6, 6.07) is 1.82. The number of rotatable bonds is 10. The summed E-state index contributed by atoms with van der Waals surface area (Å²) in [7, 11) is 2.04. The molecule has 0 heterocycles. The molecule has 144 valence electrons. The summed E-state index contributed by atoms with van der Waals surface area (Å²) in [5, 5.41) is -0.0528. The first-order valence-electron chi connectivity index (χ1n) is 8.57. The summed E-state index contributed by atoms with van der Waals surface area (Å²) in [6.45, 7) is 17.5. The Morgan fingerprint density at radius 3 is 1.12 bits per heavy atom. The zero-order chi connectivity index (χ0) is 20.1. The fraction of sp³-hybridized carbons (Fsp3) is 1.00. The molecule has 0 aromatic rings. The summed E-state index contributed by atoms with van der Waals surface area (Å²) in [6.07, 6.45) is 0. The van der Waals surface area contributed by atoms with Crippen molar-refractivity contribution in [1.29, 1.82) is 0 Å². The molecule has 2 atom stereocenters. The minimum atomic E-state index is -2.32. The number of hydrogen-bond donors (Lipinski definition) is 0. The smallest absolute Gasteiger partial charge is 0.374 e. The third-order valence-corrected chi connectivity index (χ3v) is 33.1. The maximum absolute atomic E-state index is 6.63. The fourth-order valence-corrected chi connectivity index (χ4v) is 28.9. The van der Waals surface area contributed by atoms with Crippen LogP contribution in [-0.4, -0.2) is 68.5 Å². The molecule has 11 heteroatoms. The van der Waals surface area contributed by atoms with E-state index < -0.39 is 33.3 Å². The Kier molecular flexibility index (Phi) is 10.5. The molecule has 0 fully saturated rings. The second kappa shape index (κ2) is 10.0. The van der Waals surface area contributed by atoms with Gasteiger partial charge in [-0.05, 0) is 22.2 Å². The van der Waals surface area contributed by atoms with Crippen molar-refractivity contribution in [3.63, 3.8) is 0 Å². The van der Waals surface area contributed by atoms with Gasteiger partial charge in [0, 0.05) is 14.2 Å². The summed E-state index contributed by atoms with van der Waals surface area (Å²) >= 11 is 0. The average molecular weight is 451 g/mol. The monoisotopic (exact) mass is 450 g/mol. The lowest BCUT2D eigenvalue weighted by Gasteiger charge is -2.47. The molecule has 0 saturated carbocycles. The van der Waals surface area contributed by atoms with Crippen LogP contribution in [0.4, 0.5) is 0 Å². The third-order valence-electron chi connectivity index (χ3n) is 5.15. The highest BCUT2D eigenvalue weighted by atomic mass is 29.3. The van der Waals surface area contributed by atoms with E-state index in [4.69, 9.17) is 21.2 Å². The van der Waals surface area contributed by atoms with E-state index in [0.717, 1.165) is 12.1 Å². The lowest BCUT2D eigenvalue weighted by atomic mass is 10.2. The zero-order valence-corrected chi connectivity index (χ0v) is 23.5. The molecule has 0 spiro atoms. The lowest BCUT2D eigenvalue weighted by Crippen LogP contribution is -2.69. The Hall–Kier alpha value is 1.10. The molecule has 0 aliphatic carbocycles. The molecule has 2 unspecified atom stereocenters. The van der Waals surface area contributed by atoms with Gasteiger partial charge >= 0.3 is 17.6 Å². The predicted octanol–water partition coefficient (Wildman–Crippen LogP) is 3.16. The van der Waals surface area contributed by atoms with Crippen LogP contribution < -0.4 is 0 Å². The van der Waals surface area contributed by atoms with Crippen LogP contribution >= 0.6 is 0 Å². The molecular formula is C14H34O5Si6. The molecular weight excluding hydrogens is 417 g/mol. The van der Waals surface area contributed by atoms with Gasteiger partial charge in [0.15, 0.2) is 0 Å². The first-order valence-corrected chi connectivity index (χ1v) is 18.3. The molecule has 0 bridgehead atoms. The highest BCUT2D eigenvalue weighted by molar-refractivity contribution is 7.33. The lowest BCUT2D eigenvalue weighted by molar-refractivity contribution is 0.330. The van der Waals surface area contributed by atoms with E-state index in [-0.39, 0.29) is 10.1 Å². The fourth-order valence-electron chi connectivity index (χ4n) is 3.49. The summed E-state index contributed by atoms with van der Waals surface area (Å²) < 4.78 is 30.4. The van der Waals surface area contributed by atoms with Crippen LogP contribution in [0.2, 0.25) is 22.2 Å². The van der Waals surface area contributed by atoms with Crippen LogP contribution in [0, 0.1) is 0 Å². The van der Waals surface area contributed by atoms with E-state index in [1.165, 1.54) is 0 Å². The topological polar surface area (TPSA) is 46.2 Å². The Balaban J connectivity index is 6.00. The molecule has 0 aromatic heterocycles. The predicted molar refractivity (Wildman–Crippen MR) is 112 cm³/mol. The Morgan fingerprint density at radius 2 is 1.00 bits per heavy atom. The van der Waals surface area contributed by atoms with Crippen molar-refractivity contribution in [2.24, 2.45) is 0 Å². The van der Waals surface area contributed by atoms with Crippen molar-refractivity contribution < 1.29 is 21.2 Å². The van der Waals surface area contributed by atoms with Gasteiger partial charge in [-0.2, -0.15) is 0 Å². The third kappa shape index (κ3) is 5.13. The van der Waals surface area contributed by atoms with Crippen LogP contribution in [0.5, 0.6) is 0 Å². The molecule has 0 amide bonds. The van der Waals surface area contributed by atoms with Gasteiger partial charge in [0.2, 0.25) is 36.6 Å². The molecule has 0 N–H and O–H groups in total.